The monoisotopic (exact) mass is 338 g/mol. The van der Waals surface area contributed by atoms with Gasteiger partial charge >= 0.3 is 0 Å². The summed E-state index contributed by atoms with van der Waals surface area (Å²) in [6.45, 7) is 5.44. The molecule has 2 aromatic rings. The predicted octanol–water partition coefficient (Wildman–Crippen LogP) is 4.88. The predicted molar refractivity (Wildman–Crippen MR) is 78.1 cm³/mol. The fourth-order valence-electron chi connectivity index (χ4n) is 2.42. The van der Waals surface area contributed by atoms with Gasteiger partial charge < -0.3 is 0 Å². The molecule has 0 spiro atoms. The average molecular weight is 339 g/mol. The van der Waals surface area contributed by atoms with Crippen LogP contribution in [0.15, 0.2) is 28.7 Å². The maximum absolute atomic E-state index is 13.9. The Bertz CT molecular complexity index is 602. The topological polar surface area (TPSA) is 17.1 Å². The van der Waals surface area contributed by atoms with Crippen molar-refractivity contribution in [2.45, 2.75) is 20.8 Å². The Morgan fingerprint density at radius 3 is 1.80 bits per heavy atom. The highest BCUT2D eigenvalue weighted by molar-refractivity contribution is 9.10. The number of halogens is 3. The van der Waals surface area contributed by atoms with Gasteiger partial charge in [-0.1, -0.05) is 33.6 Å². The maximum Gasteiger partial charge on any atom is 0.199 e. The van der Waals surface area contributed by atoms with Crippen LogP contribution in [-0.4, -0.2) is 5.78 Å². The number of carbonyl (C=O) groups is 1. The SMILES string of the molecule is Cc1cc(C)c(C(=O)c2c(F)cc(Br)cc2F)c(C)c1. The second-order valence-electron chi connectivity index (χ2n) is 4.85. The summed E-state index contributed by atoms with van der Waals surface area (Å²) < 4.78 is 28.1. The van der Waals surface area contributed by atoms with E-state index in [2.05, 4.69) is 15.9 Å². The smallest absolute Gasteiger partial charge is 0.199 e. The standard InChI is InChI=1S/C16H13BrF2O/c1-8-4-9(2)14(10(3)5-8)16(20)15-12(18)6-11(17)7-13(15)19/h4-7H,1-3H3. The second kappa shape index (κ2) is 5.44. The van der Waals surface area contributed by atoms with Gasteiger partial charge in [0, 0.05) is 10.0 Å². The van der Waals surface area contributed by atoms with Gasteiger partial charge in [-0.15, -0.1) is 0 Å². The van der Waals surface area contributed by atoms with Crippen LogP contribution in [0.25, 0.3) is 0 Å². The molecule has 104 valence electrons. The highest BCUT2D eigenvalue weighted by Gasteiger charge is 2.22. The molecule has 0 heterocycles. The number of benzene rings is 2. The normalized spacial score (nSPS) is 10.7. The zero-order chi connectivity index (χ0) is 15.0. The third kappa shape index (κ3) is 2.66. The van der Waals surface area contributed by atoms with E-state index >= 15 is 0 Å². The average Bonchev–Trinajstić information content (AvgIpc) is 2.25. The fourth-order valence-corrected chi connectivity index (χ4v) is 2.82. The van der Waals surface area contributed by atoms with Gasteiger partial charge in [0.05, 0.1) is 5.56 Å². The van der Waals surface area contributed by atoms with Crippen molar-refractivity contribution in [2.75, 3.05) is 0 Å². The number of hydrogen-bond acceptors (Lipinski definition) is 1. The van der Waals surface area contributed by atoms with Crippen LogP contribution in [0.3, 0.4) is 0 Å². The third-order valence-corrected chi connectivity index (χ3v) is 3.60. The number of carbonyl (C=O) groups excluding carboxylic acids is 1. The molecule has 1 nitrogen and oxygen atoms in total. The largest absolute Gasteiger partial charge is 0.288 e. The van der Waals surface area contributed by atoms with E-state index in [4.69, 9.17) is 0 Å². The van der Waals surface area contributed by atoms with Crippen LogP contribution in [-0.2, 0) is 0 Å². The van der Waals surface area contributed by atoms with Crippen molar-refractivity contribution >= 4 is 21.7 Å². The summed E-state index contributed by atoms with van der Waals surface area (Å²) in [5.74, 6) is -2.34. The highest BCUT2D eigenvalue weighted by Crippen LogP contribution is 2.25. The van der Waals surface area contributed by atoms with E-state index < -0.39 is 23.0 Å². The molecule has 0 aliphatic rings. The van der Waals surface area contributed by atoms with E-state index in [1.807, 2.05) is 19.1 Å². The number of rotatable bonds is 2. The molecular formula is C16H13BrF2O. The van der Waals surface area contributed by atoms with E-state index in [9.17, 15) is 13.6 Å². The van der Waals surface area contributed by atoms with Crippen molar-refractivity contribution < 1.29 is 13.6 Å². The van der Waals surface area contributed by atoms with E-state index in [1.54, 1.807) is 13.8 Å². The van der Waals surface area contributed by atoms with Crippen LogP contribution >= 0.6 is 15.9 Å². The molecule has 0 N–H and O–H groups in total. The second-order valence-corrected chi connectivity index (χ2v) is 5.76. The summed E-state index contributed by atoms with van der Waals surface area (Å²) in [6.07, 6.45) is 0. The molecule has 0 saturated carbocycles. The van der Waals surface area contributed by atoms with E-state index in [-0.39, 0.29) is 4.47 Å². The van der Waals surface area contributed by atoms with Gasteiger partial charge in [-0.05, 0) is 44.0 Å². The molecule has 0 radical (unpaired) electrons. The summed E-state index contributed by atoms with van der Waals surface area (Å²) in [4.78, 5) is 12.5. The molecule has 0 atom stereocenters. The van der Waals surface area contributed by atoms with Crippen LogP contribution < -0.4 is 0 Å². The van der Waals surface area contributed by atoms with Crippen molar-refractivity contribution in [2.24, 2.45) is 0 Å². The van der Waals surface area contributed by atoms with Crippen LogP contribution in [0.1, 0.15) is 32.6 Å². The van der Waals surface area contributed by atoms with Gasteiger partial charge in [0.15, 0.2) is 5.78 Å². The Hall–Kier alpha value is -1.55. The molecule has 20 heavy (non-hydrogen) atoms. The van der Waals surface area contributed by atoms with Gasteiger partial charge in [-0.3, -0.25) is 4.79 Å². The van der Waals surface area contributed by atoms with Crippen LogP contribution in [0.5, 0.6) is 0 Å². The lowest BCUT2D eigenvalue weighted by atomic mass is 9.93. The van der Waals surface area contributed by atoms with E-state index in [0.29, 0.717) is 16.7 Å². The van der Waals surface area contributed by atoms with Crippen molar-refractivity contribution in [3.05, 3.63) is 68.2 Å². The summed E-state index contributed by atoms with van der Waals surface area (Å²) in [5.41, 5.74) is 2.29. The summed E-state index contributed by atoms with van der Waals surface area (Å²) in [7, 11) is 0. The lowest BCUT2D eigenvalue weighted by Crippen LogP contribution is -2.11. The summed E-state index contributed by atoms with van der Waals surface area (Å²) in [6, 6.07) is 5.84. The molecule has 0 aromatic heterocycles. The van der Waals surface area contributed by atoms with Crippen molar-refractivity contribution in [3.63, 3.8) is 0 Å². The molecule has 0 unspecified atom stereocenters. The number of ketones is 1. The van der Waals surface area contributed by atoms with Crippen LogP contribution in [0.4, 0.5) is 8.78 Å². The molecule has 0 bridgehead atoms. The van der Waals surface area contributed by atoms with Crippen molar-refractivity contribution in [1.29, 1.82) is 0 Å². The molecule has 4 heteroatoms. The minimum Gasteiger partial charge on any atom is -0.288 e. The fraction of sp³-hybridized carbons (Fsp3) is 0.188. The van der Waals surface area contributed by atoms with E-state index in [0.717, 1.165) is 17.7 Å². The first-order chi connectivity index (χ1) is 9.31. The maximum atomic E-state index is 13.9. The van der Waals surface area contributed by atoms with Crippen LogP contribution in [0, 0.1) is 32.4 Å². The lowest BCUT2D eigenvalue weighted by Gasteiger charge is -2.11. The molecule has 0 saturated heterocycles. The van der Waals surface area contributed by atoms with Crippen molar-refractivity contribution in [1.82, 2.24) is 0 Å². The minimum atomic E-state index is -0.860. The molecule has 2 aromatic carbocycles. The van der Waals surface area contributed by atoms with E-state index in [1.165, 1.54) is 0 Å². The zero-order valence-corrected chi connectivity index (χ0v) is 12.9. The lowest BCUT2D eigenvalue weighted by molar-refractivity contribution is 0.103. The Morgan fingerprint density at radius 2 is 1.35 bits per heavy atom. The molecule has 0 amide bonds. The Balaban J connectivity index is 2.64. The Morgan fingerprint density at radius 1 is 0.900 bits per heavy atom. The minimum absolute atomic E-state index is 0.265. The Kier molecular flexibility index (Phi) is 4.04. The zero-order valence-electron chi connectivity index (χ0n) is 11.4. The first-order valence-corrected chi connectivity index (χ1v) is 6.87. The first kappa shape index (κ1) is 14.9. The molecule has 0 fully saturated rings. The van der Waals surface area contributed by atoms with Gasteiger partial charge in [0.2, 0.25) is 0 Å². The van der Waals surface area contributed by atoms with Gasteiger partial charge in [0.25, 0.3) is 0 Å². The van der Waals surface area contributed by atoms with Crippen LogP contribution in [0.2, 0.25) is 0 Å². The first-order valence-electron chi connectivity index (χ1n) is 6.08. The van der Waals surface area contributed by atoms with Gasteiger partial charge in [0.1, 0.15) is 11.6 Å². The van der Waals surface area contributed by atoms with Gasteiger partial charge in [-0.2, -0.15) is 0 Å². The number of hydrogen-bond donors (Lipinski definition) is 0. The third-order valence-electron chi connectivity index (χ3n) is 3.14. The van der Waals surface area contributed by atoms with Gasteiger partial charge in [-0.25, -0.2) is 8.78 Å². The van der Waals surface area contributed by atoms with Crippen molar-refractivity contribution in [3.8, 4) is 0 Å². The molecule has 2 rings (SSSR count). The Labute approximate surface area is 124 Å². The molecular weight excluding hydrogens is 326 g/mol. The molecule has 0 aliphatic heterocycles. The quantitative estimate of drug-likeness (QED) is 0.713. The molecule has 0 aliphatic carbocycles. The number of aryl methyl sites for hydroxylation is 3. The summed E-state index contributed by atoms with van der Waals surface area (Å²) >= 11 is 3.00. The highest BCUT2D eigenvalue weighted by atomic mass is 79.9. The summed E-state index contributed by atoms with van der Waals surface area (Å²) in [5, 5.41) is 0.